The summed E-state index contributed by atoms with van der Waals surface area (Å²) in [6.07, 6.45) is 0. The van der Waals surface area contributed by atoms with Crippen molar-refractivity contribution in [1.29, 1.82) is 0 Å². The van der Waals surface area contributed by atoms with Crippen molar-refractivity contribution in [2.24, 2.45) is 5.41 Å². The molecule has 1 atom stereocenters. The SMILES string of the molecule is CNC(=O)C(C)(C)CNC(C)COC. The minimum absolute atomic E-state index is 0.0506. The van der Waals surface area contributed by atoms with Gasteiger partial charge in [0.25, 0.3) is 0 Å². The second-order valence-corrected chi connectivity index (χ2v) is 4.20. The van der Waals surface area contributed by atoms with Crippen molar-refractivity contribution in [3.05, 3.63) is 0 Å². The number of hydrogen-bond acceptors (Lipinski definition) is 3. The van der Waals surface area contributed by atoms with Crippen molar-refractivity contribution in [2.75, 3.05) is 27.3 Å². The monoisotopic (exact) mass is 202 g/mol. The van der Waals surface area contributed by atoms with Gasteiger partial charge in [0.15, 0.2) is 0 Å². The highest BCUT2D eigenvalue weighted by Crippen LogP contribution is 2.13. The first-order valence-corrected chi connectivity index (χ1v) is 4.88. The average molecular weight is 202 g/mol. The number of nitrogens with one attached hydrogen (secondary N) is 2. The molecule has 0 aromatic carbocycles. The molecule has 0 bridgehead atoms. The first kappa shape index (κ1) is 13.4. The van der Waals surface area contributed by atoms with Gasteiger partial charge in [-0.1, -0.05) is 0 Å². The minimum Gasteiger partial charge on any atom is -0.383 e. The standard InChI is InChI=1S/C10H22N2O2/c1-8(6-14-5)12-7-10(2,3)9(13)11-4/h8,12H,6-7H2,1-5H3,(H,11,13). The minimum atomic E-state index is -0.378. The number of ether oxygens (including phenoxy) is 1. The molecule has 0 aromatic rings. The number of carbonyl (C=O) groups is 1. The van der Waals surface area contributed by atoms with Gasteiger partial charge >= 0.3 is 0 Å². The molecule has 0 saturated carbocycles. The van der Waals surface area contributed by atoms with Crippen LogP contribution in [0.5, 0.6) is 0 Å². The lowest BCUT2D eigenvalue weighted by molar-refractivity contribution is -0.128. The molecule has 1 unspecified atom stereocenters. The van der Waals surface area contributed by atoms with Gasteiger partial charge in [0.2, 0.25) is 5.91 Å². The van der Waals surface area contributed by atoms with Crippen molar-refractivity contribution in [2.45, 2.75) is 26.8 Å². The summed E-state index contributed by atoms with van der Waals surface area (Å²) in [7, 11) is 3.32. The molecule has 0 aliphatic carbocycles. The number of hydrogen-bond donors (Lipinski definition) is 2. The molecule has 0 fully saturated rings. The first-order chi connectivity index (χ1) is 6.44. The topological polar surface area (TPSA) is 50.4 Å². The maximum atomic E-state index is 11.4. The Bertz CT molecular complexity index is 181. The Labute approximate surface area is 86.4 Å². The molecule has 4 nitrogen and oxygen atoms in total. The van der Waals surface area contributed by atoms with E-state index < -0.39 is 0 Å². The van der Waals surface area contributed by atoms with Crippen LogP contribution in [0.2, 0.25) is 0 Å². The smallest absolute Gasteiger partial charge is 0.226 e. The summed E-state index contributed by atoms with van der Waals surface area (Å²) in [6.45, 7) is 7.17. The summed E-state index contributed by atoms with van der Waals surface area (Å²) in [6, 6.07) is 0.268. The van der Waals surface area contributed by atoms with Gasteiger partial charge in [0.05, 0.1) is 12.0 Å². The molecule has 0 heterocycles. The van der Waals surface area contributed by atoms with Crippen molar-refractivity contribution in [3.63, 3.8) is 0 Å². The van der Waals surface area contributed by atoms with E-state index in [0.29, 0.717) is 13.2 Å². The zero-order valence-corrected chi connectivity index (χ0v) is 9.81. The fraction of sp³-hybridized carbons (Fsp3) is 0.900. The van der Waals surface area contributed by atoms with Crippen molar-refractivity contribution >= 4 is 5.91 Å². The molecule has 0 radical (unpaired) electrons. The predicted octanol–water partition coefficient (Wildman–Crippen LogP) is 0.383. The van der Waals surface area contributed by atoms with Crippen LogP contribution in [0.3, 0.4) is 0 Å². The normalized spacial score (nSPS) is 13.8. The maximum absolute atomic E-state index is 11.4. The average Bonchev–Trinajstić information content (AvgIpc) is 2.14. The highest BCUT2D eigenvalue weighted by Gasteiger charge is 2.26. The van der Waals surface area contributed by atoms with Crippen LogP contribution in [-0.4, -0.2) is 39.3 Å². The quantitative estimate of drug-likeness (QED) is 0.655. The van der Waals surface area contributed by atoms with E-state index in [2.05, 4.69) is 10.6 Å². The Morgan fingerprint density at radius 1 is 1.50 bits per heavy atom. The Balaban J connectivity index is 3.92. The van der Waals surface area contributed by atoms with Crippen molar-refractivity contribution in [1.82, 2.24) is 10.6 Å². The predicted molar refractivity (Wildman–Crippen MR) is 57.2 cm³/mol. The molecule has 0 rings (SSSR count). The van der Waals surface area contributed by atoms with Crippen LogP contribution < -0.4 is 10.6 Å². The van der Waals surface area contributed by atoms with Crippen molar-refractivity contribution in [3.8, 4) is 0 Å². The van der Waals surface area contributed by atoms with Gasteiger partial charge in [-0.15, -0.1) is 0 Å². The van der Waals surface area contributed by atoms with E-state index in [1.165, 1.54) is 0 Å². The Kier molecular flexibility index (Phi) is 5.72. The van der Waals surface area contributed by atoms with E-state index in [-0.39, 0.29) is 17.4 Å². The van der Waals surface area contributed by atoms with E-state index in [1.54, 1.807) is 14.2 Å². The summed E-state index contributed by atoms with van der Waals surface area (Å²) in [5.74, 6) is 0.0506. The highest BCUT2D eigenvalue weighted by atomic mass is 16.5. The fourth-order valence-electron chi connectivity index (χ4n) is 1.16. The third kappa shape index (κ3) is 4.58. The molecule has 1 amide bonds. The highest BCUT2D eigenvalue weighted by molar-refractivity contribution is 5.81. The van der Waals surface area contributed by atoms with E-state index in [4.69, 9.17) is 4.74 Å². The number of methoxy groups -OCH3 is 1. The third-order valence-corrected chi connectivity index (χ3v) is 2.15. The Morgan fingerprint density at radius 2 is 2.07 bits per heavy atom. The summed E-state index contributed by atoms with van der Waals surface area (Å²) in [5.41, 5.74) is -0.378. The van der Waals surface area contributed by atoms with Gasteiger partial charge in [0, 0.05) is 26.7 Å². The van der Waals surface area contributed by atoms with Gasteiger partial charge in [-0.3, -0.25) is 4.79 Å². The summed E-state index contributed by atoms with van der Waals surface area (Å²) < 4.78 is 4.99. The van der Waals surface area contributed by atoms with Gasteiger partial charge in [-0.05, 0) is 20.8 Å². The zero-order chi connectivity index (χ0) is 11.2. The van der Waals surface area contributed by atoms with E-state index in [0.717, 1.165) is 0 Å². The third-order valence-electron chi connectivity index (χ3n) is 2.15. The molecule has 14 heavy (non-hydrogen) atoms. The second-order valence-electron chi connectivity index (χ2n) is 4.20. The van der Waals surface area contributed by atoms with Crippen LogP contribution in [-0.2, 0) is 9.53 Å². The lowest BCUT2D eigenvalue weighted by atomic mass is 9.92. The molecule has 2 N–H and O–H groups in total. The largest absolute Gasteiger partial charge is 0.383 e. The summed E-state index contributed by atoms with van der Waals surface area (Å²) >= 11 is 0. The Morgan fingerprint density at radius 3 is 2.50 bits per heavy atom. The first-order valence-electron chi connectivity index (χ1n) is 4.88. The lowest BCUT2D eigenvalue weighted by Crippen LogP contribution is -2.45. The summed E-state index contributed by atoms with van der Waals surface area (Å²) in [4.78, 5) is 11.4. The number of carbonyl (C=O) groups excluding carboxylic acids is 1. The summed E-state index contributed by atoms with van der Waals surface area (Å²) in [5, 5.41) is 5.90. The maximum Gasteiger partial charge on any atom is 0.226 e. The van der Waals surface area contributed by atoms with E-state index in [9.17, 15) is 4.79 Å². The molecular formula is C10H22N2O2. The Hall–Kier alpha value is -0.610. The molecule has 84 valence electrons. The molecule has 0 saturated heterocycles. The van der Waals surface area contributed by atoms with Crippen LogP contribution in [0, 0.1) is 5.41 Å². The van der Waals surface area contributed by atoms with Gasteiger partial charge < -0.3 is 15.4 Å². The second kappa shape index (κ2) is 5.98. The van der Waals surface area contributed by atoms with Gasteiger partial charge in [-0.25, -0.2) is 0 Å². The molecule has 4 heteroatoms. The molecule has 0 spiro atoms. The zero-order valence-electron chi connectivity index (χ0n) is 9.81. The van der Waals surface area contributed by atoms with E-state index >= 15 is 0 Å². The van der Waals surface area contributed by atoms with Crippen LogP contribution in [0.15, 0.2) is 0 Å². The van der Waals surface area contributed by atoms with Crippen LogP contribution in [0.4, 0.5) is 0 Å². The van der Waals surface area contributed by atoms with Crippen LogP contribution >= 0.6 is 0 Å². The molecule has 0 aliphatic heterocycles. The molecule has 0 aliphatic rings. The molecule has 0 aromatic heterocycles. The lowest BCUT2D eigenvalue weighted by Gasteiger charge is -2.25. The number of rotatable bonds is 6. The van der Waals surface area contributed by atoms with Gasteiger partial charge in [0.1, 0.15) is 0 Å². The molecular weight excluding hydrogens is 180 g/mol. The fourth-order valence-corrected chi connectivity index (χ4v) is 1.16. The van der Waals surface area contributed by atoms with E-state index in [1.807, 2.05) is 20.8 Å². The number of amides is 1. The van der Waals surface area contributed by atoms with Crippen LogP contribution in [0.1, 0.15) is 20.8 Å². The van der Waals surface area contributed by atoms with Crippen LogP contribution in [0.25, 0.3) is 0 Å². The van der Waals surface area contributed by atoms with Crippen molar-refractivity contribution < 1.29 is 9.53 Å². The van der Waals surface area contributed by atoms with Gasteiger partial charge in [-0.2, -0.15) is 0 Å².